The van der Waals surface area contributed by atoms with E-state index in [0.29, 0.717) is 6.54 Å². The van der Waals surface area contributed by atoms with Crippen molar-refractivity contribution < 1.29 is 9.21 Å². The molecule has 0 saturated carbocycles. The molecule has 2 atom stereocenters. The summed E-state index contributed by atoms with van der Waals surface area (Å²) >= 11 is 0. The normalized spacial score (nSPS) is 17.5. The van der Waals surface area contributed by atoms with E-state index in [4.69, 9.17) is 4.42 Å². The number of aromatic nitrogens is 3. The molecule has 0 spiro atoms. The molecule has 27 heavy (non-hydrogen) atoms. The molecule has 3 heterocycles. The Balaban J connectivity index is 1.39. The van der Waals surface area contributed by atoms with Gasteiger partial charge in [0.1, 0.15) is 17.2 Å². The Hall–Kier alpha value is -2.83. The number of fused-ring (bicyclic) bond motifs is 2. The zero-order valence-corrected chi connectivity index (χ0v) is 16.0. The lowest BCUT2D eigenvalue weighted by Gasteiger charge is -2.24. The minimum Gasteiger partial charge on any atom is -0.459 e. The maximum Gasteiger partial charge on any atom is 0.315 e. The van der Waals surface area contributed by atoms with E-state index in [1.807, 2.05) is 49.7 Å². The number of hydrogen-bond acceptors (Lipinski definition) is 4. The van der Waals surface area contributed by atoms with Gasteiger partial charge in [-0.3, -0.25) is 0 Å². The predicted octanol–water partition coefficient (Wildman–Crippen LogP) is 3.27. The third-order valence-corrected chi connectivity index (χ3v) is 5.17. The SMILES string of the molecule is CCc1nc2n(n1)CC(NC(=O)N[C@@H](C)c1oc3ccccc3c1C)CC2. The number of nitrogens with zero attached hydrogens (tertiary/aromatic N) is 3. The van der Waals surface area contributed by atoms with Gasteiger partial charge in [0.25, 0.3) is 0 Å². The van der Waals surface area contributed by atoms with Crippen molar-refractivity contribution in [3.05, 3.63) is 47.2 Å². The third-order valence-electron chi connectivity index (χ3n) is 5.17. The van der Waals surface area contributed by atoms with Crippen LogP contribution < -0.4 is 10.6 Å². The first-order valence-electron chi connectivity index (χ1n) is 9.52. The monoisotopic (exact) mass is 367 g/mol. The topological polar surface area (TPSA) is 85.0 Å². The minimum absolute atomic E-state index is 0.0490. The molecule has 3 aromatic rings. The van der Waals surface area contributed by atoms with Crippen LogP contribution in [-0.2, 0) is 19.4 Å². The van der Waals surface area contributed by atoms with Gasteiger partial charge in [-0.05, 0) is 26.3 Å². The highest BCUT2D eigenvalue weighted by Crippen LogP contribution is 2.29. The fraction of sp³-hybridized carbons (Fsp3) is 0.450. The van der Waals surface area contributed by atoms with Gasteiger partial charge >= 0.3 is 6.03 Å². The number of amides is 2. The van der Waals surface area contributed by atoms with Crippen molar-refractivity contribution in [1.29, 1.82) is 0 Å². The highest BCUT2D eigenvalue weighted by Gasteiger charge is 2.24. The van der Waals surface area contributed by atoms with Gasteiger partial charge in [0.05, 0.1) is 18.6 Å². The molecule has 7 nitrogen and oxygen atoms in total. The van der Waals surface area contributed by atoms with Gasteiger partial charge in [-0.2, -0.15) is 5.10 Å². The van der Waals surface area contributed by atoms with Crippen LogP contribution in [0.3, 0.4) is 0 Å². The highest BCUT2D eigenvalue weighted by atomic mass is 16.3. The van der Waals surface area contributed by atoms with Crippen molar-refractivity contribution in [2.24, 2.45) is 0 Å². The number of carbonyl (C=O) groups excluding carboxylic acids is 1. The minimum atomic E-state index is -0.213. The summed E-state index contributed by atoms with van der Waals surface area (Å²) in [6.07, 6.45) is 2.52. The molecule has 0 saturated heterocycles. The lowest BCUT2D eigenvalue weighted by atomic mass is 10.1. The summed E-state index contributed by atoms with van der Waals surface area (Å²) < 4.78 is 7.86. The van der Waals surface area contributed by atoms with Crippen LogP contribution >= 0.6 is 0 Å². The summed E-state index contributed by atoms with van der Waals surface area (Å²) in [6.45, 7) is 6.67. The first-order valence-corrected chi connectivity index (χ1v) is 9.52. The number of furan rings is 1. The Kier molecular flexibility index (Phi) is 4.59. The maximum atomic E-state index is 12.5. The van der Waals surface area contributed by atoms with E-state index in [2.05, 4.69) is 20.7 Å². The second-order valence-corrected chi connectivity index (χ2v) is 7.14. The van der Waals surface area contributed by atoms with Crippen molar-refractivity contribution >= 4 is 17.0 Å². The average molecular weight is 367 g/mol. The standard InChI is InChI=1S/C20H25N5O2/c1-4-17-23-18-10-9-14(11-25(18)24-17)22-20(26)21-13(3)19-12(2)15-7-5-6-8-16(15)27-19/h5-8,13-14H,4,9-11H2,1-3H3,(H2,21,22,26)/t13-,14?/m0/s1. The first kappa shape index (κ1) is 17.6. The summed E-state index contributed by atoms with van der Waals surface area (Å²) in [7, 11) is 0. The quantitative estimate of drug-likeness (QED) is 0.741. The predicted molar refractivity (Wildman–Crippen MR) is 103 cm³/mol. The van der Waals surface area contributed by atoms with Crippen molar-refractivity contribution in [3.8, 4) is 0 Å². The summed E-state index contributed by atoms with van der Waals surface area (Å²) in [6, 6.07) is 7.57. The van der Waals surface area contributed by atoms with Crippen molar-refractivity contribution in [1.82, 2.24) is 25.4 Å². The van der Waals surface area contributed by atoms with Gasteiger partial charge in [0.15, 0.2) is 5.82 Å². The molecule has 4 rings (SSSR count). The largest absolute Gasteiger partial charge is 0.459 e. The van der Waals surface area contributed by atoms with E-state index in [9.17, 15) is 4.79 Å². The van der Waals surface area contributed by atoms with E-state index >= 15 is 0 Å². The van der Waals surface area contributed by atoms with E-state index < -0.39 is 0 Å². The molecule has 0 bridgehead atoms. The second-order valence-electron chi connectivity index (χ2n) is 7.14. The van der Waals surface area contributed by atoms with Gasteiger partial charge < -0.3 is 15.1 Å². The van der Waals surface area contributed by atoms with Crippen LogP contribution in [0.1, 0.15) is 49.3 Å². The maximum absolute atomic E-state index is 12.5. The Morgan fingerprint density at radius 3 is 3.00 bits per heavy atom. The number of hydrogen-bond donors (Lipinski definition) is 2. The molecule has 1 aliphatic rings. The average Bonchev–Trinajstić information content (AvgIpc) is 3.22. The van der Waals surface area contributed by atoms with Crippen LogP contribution in [0.15, 0.2) is 28.7 Å². The van der Waals surface area contributed by atoms with Gasteiger partial charge in [-0.25, -0.2) is 14.5 Å². The van der Waals surface area contributed by atoms with Crippen LogP contribution in [0.2, 0.25) is 0 Å². The fourth-order valence-electron chi connectivity index (χ4n) is 3.72. The number of carbonyl (C=O) groups is 1. The molecule has 7 heteroatoms. The number of nitrogens with one attached hydrogen (secondary N) is 2. The Labute approximate surface area is 158 Å². The van der Waals surface area contributed by atoms with Crippen LogP contribution in [0, 0.1) is 6.92 Å². The second kappa shape index (κ2) is 7.06. The number of urea groups is 1. The van der Waals surface area contributed by atoms with E-state index in [-0.39, 0.29) is 18.1 Å². The van der Waals surface area contributed by atoms with E-state index in [1.165, 1.54) is 0 Å². The lowest BCUT2D eigenvalue weighted by Crippen LogP contribution is -2.46. The lowest BCUT2D eigenvalue weighted by molar-refractivity contribution is 0.227. The van der Waals surface area contributed by atoms with E-state index in [1.54, 1.807) is 0 Å². The number of para-hydroxylation sites is 1. The van der Waals surface area contributed by atoms with Crippen molar-refractivity contribution in [2.45, 2.75) is 58.7 Å². The van der Waals surface area contributed by atoms with Crippen molar-refractivity contribution in [3.63, 3.8) is 0 Å². The Morgan fingerprint density at radius 2 is 2.22 bits per heavy atom. The van der Waals surface area contributed by atoms with Gasteiger partial charge in [0, 0.05) is 23.8 Å². The Bertz CT molecular complexity index is 974. The molecule has 2 N–H and O–H groups in total. The molecular formula is C20H25N5O2. The van der Waals surface area contributed by atoms with Gasteiger partial charge in [-0.15, -0.1) is 0 Å². The Morgan fingerprint density at radius 1 is 1.41 bits per heavy atom. The zero-order chi connectivity index (χ0) is 19.0. The molecule has 0 fully saturated rings. The molecule has 1 unspecified atom stereocenters. The molecule has 2 aromatic heterocycles. The molecule has 1 aromatic carbocycles. The zero-order valence-electron chi connectivity index (χ0n) is 16.0. The first-order chi connectivity index (χ1) is 13.0. The fourth-order valence-corrected chi connectivity index (χ4v) is 3.72. The summed E-state index contributed by atoms with van der Waals surface area (Å²) in [4.78, 5) is 17.0. The summed E-state index contributed by atoms with van der Waals surface area (Å²) in [5, 5.41) is 11.6. The van der Waals surface area contributed by atoms with E-state index in [0.717, 1.165) is 53.2 Å². The molecule has 1 aliphatic heterocycles. The van der Waals surface area contributed by atoms with Crippen LogP contribution in [-0.4, -0.2) is 26.8 Å². The van der Waals surface area contributed by atoms with Crippen molar-refractivity contribution in [2.75, 3.05) is 0 Å². The summed E-state index contributed by atoms with van der Waals surface area (Å²) in [5.41, 5.74) is 1.91. The number of aryl methyl sites for hydroxylation is 3. The molecule has 0 aliphatic carbocycles. The highest BCUT2D eigenvalue weighted by molar-refractivity contribution is 5.82. The molecular weight excluding hydrogens is 342 g/mol. The van der Waals surface area contributed by atoms with Gasteiger partial charge in [0.2, 0.25) is 0 Å². The smallest absolute Gasteiger partial charge is 0.315 e. The number of benzene rings is 1. The van der Waals surface area contributed by atoms with Gasteiger partial charge in [-0.1, -0.05) is 25.1 Å². The molecule has 0 radical (unpaired) electrons. The van der Waals surface area contributed by atoms with Crippen LogP contribution in [0.4, 0.5) is 4.79 Å². The summed E-state index contributed by atoms with van der Waals surface area (Å²) in [5.74, 6) is 2.67. The molecule has 142 valence electrons. The molecule has 2 amide bonds. The number of rotatable bonds is 4. The third kappa shape index (κ3) is 3.41. The van der Waals surface area contributed by atoms with Crippen LogP contribution in [0.25, 0.3) is 11.0 Å². The van der Waals surface area contributed by atoms with Crippen LogP contribution in [0.5, 0.6) is 0 Å².